The predicted octanol–water partition coefficient (Wildman–Crippen LogP) is 8.51. The summed E-state index contributed by atoms with van der Waals surface area (Å²) in [5, 5.41) is 15.1. The summed E-state index contributed by atoms with van der Waals surface area (Å²) < 4.78 is 109. The van der Waals surface area contributed by atoms with Crippen LogP contribution in [0.1, 0.15) is 80.3 Å². The van der Waals surface area contributed by atoms with Gasteiger partial charge in [0.1, 0.15) is 77.0 Å². The maximum atomic E-state index is 14.9. The molecule has 5 amide bonds. The molecule has 0 bridgehead atoms. The molecule has 7 heterocycles. The zero-order chi connectivity index (χ0) is 59.6. The van der Waals surface area contributed by atoms with Crippen molar-refractivity contribution in [3.8, 4) is 22.7 Å². The third-order valence-electron chi connectivity index (χ3n) is 15.5. The molecule has 1 N–H and O–H groups in total. The molecule has 7 atom stereocenters. The number of aromatic nitrogens is 6. The highest BCUT2D eigenvalue weighted by Crippen LogP contribution is 2.47. The van der Waals surface area contributed by atoms with Crippen molar-refractivity contribution >= 4 is 58.4 Å². The number of likely N-dealkylation sites (tertiary alicyclic amines) is 2. The Hall–Kier alpha value is -8.20. The highest BCUT2D eigenvalue weighted by atomic mass is 35.5. The van der Waals surface area contributed by atoms with Gasteiger partial charge < -0.3 is 38.8 Å². The number of rotatable bonds is 14. The number of carbonyl (C=O) groups is 5. The van der Waals surface area contributed by atoms with Crippen molar-refractivity contribution in [1.29, 1.82) is 0 Å². The van der Waals surface area contributed by atoms with E-state index in [4.69, 9.17) is 46.9 Å². The number of alkyl halides is 3. The first kappa shape index (κ1) is 57.2. The summed E-state index contributed by atoms with van der Waals surface area (Å²) in [5.74, 6) is -3.89. The van der Waals surface area contributed by atoms with Crippen LogP contribution in [0.25, 0.3) is 16.9 Å². The van der Waals surface area contributed by atoms with Gasteiger partial charge in [-0.3, -0.25) is 28.9 Å². The number of aryl methyl sites for hydroxylation is 1. The summed E-state index contributed by atoms with van der Waals surface area (Å²) in [6.07, 6.45) is -9.05. The average molecular weight is 1210 g/mol. The summed E-state index contributed by atoms with van der Waals surface area (Å²) >= 11 is 12.1. The van der Waals surface area contributed by atoms with Gasteiger partial charge in [0.25, 0.3) is 17.7 Å². The van der Waals surface area contributed by atoms with Crippen LogP contribution in [0.2, 0.25) is 10.0 Å². The van der Waals surface area contributed by atoms with E-state index in [9.17, 15) is 45.9 Å². The number of ether oxygens (including phenoxy) is 5. The van der Waals surface area contributed by atoms with Crippen molar-refractivity contribution in [2.24, 2.45) is 5.92 Å². The third-order valence-corrected chi connectivity index (χ3v) is 16.1. The van der Waals surface area contributed by atoms with E-state index in [0.717, 1.165) is 39.9 Å². The zero-order valence-electron chi connectivity index (χ0n) is 44.9. The molecule has 85 heavy (non-hydrogen) atoms. The van der Waals surface area contributed by atoms with Gasteiger partial charge in [0, 0.05) is 72.0 Å². The number of piperidine rings is 1. The minimum Gasteiger partial charge on any atom is -0.493 e. The molecule has 12 rings (SSSR count). The van der Waals surface area contributed by atoms with Crippen molar-refractivity contribution in [3.05, 3.63) is 170 Å². The Morgan fingerprint density at radius 2 is 1.66 bits per heavy atom. The molecule has 0 spiro atoms. The van der Waals surface area contributed by atoms with Crippen molar-refractivity contribution in [2.45, 2.75) is 75.3 Å². The van der Waals surface area contributed by atoms with Crippen LogP contribution in [0.4, 0.5) is 27.6 Å². The fraction of sp³-hybridized carbons (Fsp3) is 0.328. The van der Waals surface area contributed by atoms with Crippen LogP contribution in [-0.4, -0.2) is 138 Å². The van der Waals surface area contributed by atoms with Gasteiger partial charge in [0.15, 0.2) is 12.1 Å². The SMILES string of the molecule is Cc1nc([C@@H]2O[C@@H]3COC(c4ccccc4)O[C@@H]3[C@H](n3cc(-c4cc(F)c(Cl)c(F)c4)nn3)[C@H]2OCC(=O)N2CC(COc3ccc(C(=O)Nc4ccc5c(c4)CN(C4CCC(=O)N(C)C4=O)C5=O)cc3)C2)n(-c2cc(Cl)ccc2C(F)(F)F)n1. The van der Waals surface area contributed by atoms with Gasteiger partial charge in [-0.2, -0.15) is 18.3 Å². The molecule has 2 unspecified atom stereocenters. The molecule has 2 aromatic heterocycles. The molecule has 0 radical (unpaired) electrons. The predicted molar refractivity (Wildman–Crippen MR) is 290 cm³/mol. The number of carbonyl (C=O) groups excluding carboxylic acids is 5. The Bertz CT molecular complexity index is 3750. The number of fused-ring (bicyclic) bond motifs is 2. The van der Waals surface area contributed by atoms with E-state index in [1.807, 2.05) is 0 Å². The van der Waals surface area contributed by atoms with Gasteiger partial charge in [0.2, 0.25) is 11.8 Å². The summed E-state index contributed by atoms with van der Waals surface area (Å²) in [7, 11) is 1.40. The fourth-order valence-corrected chi connectivity index (χ4v) is 11.4. The second kappa shape index (κ2) is 23.0. The van der Waals surface area contributed by atoms with Crippen LogP contribution in [0.5, 0.6) is 5.75 Å². The van der Waals surface area contributed by atoms with Crippen molar-refractivity contribution in [3.63, 3.8) is 0 Å². The summed E-state index contributed by atoms with van der Waals surface area (Å²) in [6, 6.07) is 23.2. The van der Waals surface area contributed by atoms with E-state index in [1.165, 1.54) is 34.6 Å². The van der Waals surface area contributed by atoms with Gasteiger partial charge in [0.05, 0.1) is 30.7 Å². The molecular weight excluding hydrogens is 1160 g/mol. The highest BCUT2D eigenvalue weighted by Gasteiger charge is 2.55. The molecule has 27 heteroatoms. The van der Waals surface area contributed by atoms with Gasteiger partial charge in [-0.15, -0.1) is 5.10 Å². The molecular formula is C58H49Cl2F5N10O10. The van der Waals surface area contributed by atoms with Crippen molar-refractivity contribution < 1.29 is 69.6 Å². The molecule has 4 fully saturated rings. The Labute approximate surface area is 490 Å². The molecule has 5 aromatic carbocycles. The van der Waals surface area contributed by atoms with Crippen LogP contribution in [0.15, 0.2) is 109 Å². The standard InChI is InChI=1S/C58H49Cl2F5N10O10/c1-29-66-53(75(69-29)44-21-35(59)10-15-39(44)58(63,64)65)52-51(49(50-45(84-52)27-83-57(85-50)32-6-4-3-5-7-32)74-25-42(68-70-74)33-19-40(61)48(60)41(62)20-33)82-28-47(77)72-22-30(23-72)26-81-37-12-8-31(9-13-37)54(78)67-36-11-14-38-34(18-36)24-73(55(38)79)43-16-17-46(76)71(2)56(43)80/h3-15,18-21,25,30,43,45,49-52,57H,16-17,22-24,26-28H2,1-2H3,(H,67,78)/t43?,45-,49+,50+,51-,52-,57?/m1/s1. The van der Waals surface area contributed by atoms with Gasteiger partial charge in [-0.25, -0.2) is 23.1 Å². The monoisotopic (exact) mass is 1210 g/mol. The number of anilines is 1. The normalized spacial score (nSPS) is 22.5. The van der Waals surface area contributed by atoms with E-state index in [0.29, 0.717) is 33.7 Å². The minimum absolute atomic E-state index is 0.0102. The van der Waals surface area contributed by atoms with E-state index in [2.05, 4.69) is 25.7 Å². The van der Waals surface area contributed by atoms with Crippen LogP contribution < -0.4 is 10.1 Å². The number of likely N-dealkylation sites (N-methyl/N-ethyl adjacent to an activating group) is 1. The first-order chi connectivity index (χ1) is 40.8. The Kier molecular flexibility index (Phi) is 15.5. The van der Waals surface area contributed by atoms with E-state index in [1.54, 1.807) is 72.8 Å². The number of hydrogen-bond acceptors (Lipinski definition) is 14. The number of benzene rings is 5. The number of nitrogens with one attached hydrogen (secondary N) is 1. The third kappa shape index (κ3) is 11.3. The maximum absolute atomic E-state index is 14.9. The van der Waals surface area contributed by atoms with Gasteiger partial charge in [-0.05, 0) is 91.7 Å². The topological polar surface area (TPSA) is 215 Å². The molecule has 5 aliphatic heterocycles. The van der Waals surface area contributed by atoms with Crippen LogP contribution in [-0.2, 0) is 46.1 Å². The van der Waals surface area contributed by atoms with Crippen LogP contribution in [0, 0.1) is 24.5 Å². The quantitative estimate of drug-likeness (QED) is 0.0614. The second-order valence-electron chi connectivity index (χ2n) is 21.1. The van der Waals surface area contributed by atoms with E-state index in [-0.39, 0.29) is 91.4 Å². The lowest BCUT2D eigenvalue weighted by atomic mass is 9.90. The lowest BCUT2D eigenvalue weighted by Gasteiger charge is -2.49. The number of hydrogen-bond donors (Lipinski definition) is 1. The molecule has 7 aromatic rings. The molecule has 0 saturated carbocycles. The zero-order valence-corrected chi connectivity index (χ0v) is 46.4. The van der Waals surface area contributed by atoms with Crippen molar-refractivity contribution in [1.82, 2.24) is 44.5 Å². The summed E-state index contributed by atoms with van der Waals surface area (Å²) in [4.78, 5) is 74.3. The fourth-order valence-electron chi connectivity index (χ4n) is 11.2. The Morgan fingerprint density at radius 3 is 2.40 bits per heavy atom. The average Bonchev–Trinajstić information content (AvgIpc) is 1.90. The molecule has 4 saturated heterocycles. The first-order valence-electron chi connectivity index (χ1n) is 26.8. The number of imide groups is 1. The summed E-state index contributed by atoms with van der Waals surface area (Å²) in [5.41, 5.74) is 0.803. The largest absolute Gasteiger partial charge is 0.493 e. The second-order valence-corrected chi connectivity index (χ2v) is 21.9. The Morgan fingerprint density at radius 1 is 0.906 bits per heavy atom. The van der Waals surface area contributed by atoms with Gasteiger partial charge in [-0.1, -0.05) is 58.7 Å². The molecule has 5 aliphatic rings. The van der Waals surface area contributed by atoms with Crippen molar-refractivity contribution in [2.75, 3.05) is 45.3 Å². The van der Waals surface area contributed by atoms with E-state index >= 15 is 0 Å². The highest BCUT2D eigenvalue weighted by molar-refractivity contribution is 6.31. The number of nitrogens with zero attached hydrogens (tertiary/aromatic N) is 9. The van der Waals surface area contributed by atoms with Crippen LogP contribution in [0.3, 0.4) is 0 Å². The first-order valence-corrected chi connectivity index (χ1v) is 27.5. The lowest BCUT2D eigenvalue weighted by molar-refractivity contribution is -0.322. The number of amides is 5. The maximum Gasteiger partial charge on any atom is 0.418 e. The molecule has 440 valence electrons. The lowest BCUT2D eigenvalue weighted by Crippen LogP contribution is -2.58. The Balaban J connectivity index is 0.751. The molecule has 0 aliphatic carbocycles. The minimum atomic E-state index is -4.89. The molecule has 20 nitrogen and oxygen atoms in total. The smallest absolute Gasteiger partial charge is 0.418 e. The van der Waals surface area contributed by atoms with E-state index < -0.39 is 101 Å². The number of halogens is 7. The van der Waals surface area contributed by atoms with Crippen LogP contribution >= 0.6 is 23.2 Å². The summed E-state index contributed by atoms with van der Waals surface area (Å²) in [6.45, 7) is 1.58. The van der Waals surface area contributed by atoms with Gasteiger partial charge >= 0.3 is 6.18 Å².